The number of nitrogens with one attached hydrogen (secondary N) is 2. The van der Waals surface area contributed by atoms with Gasteiger partial charge in [0, 0.05) is 36.1 Å². The molecule has 2 amide bonds. The molecule has 1 saturated heterocycles. The Bertz CT molecular complexity index is 656. The van der Waals surface area contributed by atoms with Crippen LogP contribution in [0, 0.1) is 12.8 Å². The van der Waals surface area contributed by atoms with Crippen LogP contribution in [0.15, 0.2) is 41.8 Å². The minimum atomic E-state index is -0.126. The van der Waals surface area contributed by atoms with Gasteiger partial charge in [-0.25, -0.2) is 4.79 Å². The summed E-state index contributed by atoms with van der Waals surface area (Å²) in [7, 11) is 2.15. The molecule has 0 aliphatic carbocycles. The molecule has 2 aromatic rings. The number of rotatable bonds is 4. The minimum absolute atomic E-state index is 0.126. The average molecular weight is 329 g/mol. The molecule has 122 valence electrons. The highest BCUT2D eigenvalue weighted by Crippen LogP contribution is 2.34. The van der Waals surface area contributed by atoms with E-state index in [2.05, 4.69) is 40.1 Å². The molecule has 1 fully saturated rings. The van der Waals surface area contributed by atoms with Gasteiger partial charge >= 0.3 is 6.03 Å². The van der Waals surface area contributed by atoms with Crippen LogP contribution in [0.1, 0.15) is 16.4 Å². The third kappa shape index (κ3) is 3.92. The molecule has 1 aromatic heterocycles. The predicted octanol–water partition coefficient (Wildman–Crippen LogP) is 3.52. The Morgan fingerprint density at radius 2 is 2.09 bits per heavy atom. The molecule has 0 spiro atoms. The van der Waals surface area contributed by atoms with Gasteiger partial charge in [0.2, 0.25) is 0 Å². The lowest BCUT2D eigenvalue weighted by molar-refractivity contribution is 0.249. The highest BCUT2D eigenvalue weighted by atomic mass is 32.1. The third-order valence-electron chi connectivity index (χ3n) is 4.45. The first-order valence-electron chi connectivity index (χ1n) is 7.96. The number of anilines is 1. The van der Waals surface area contributed by atoms with Crippen molar-refractivity contribution in [2.45, 2.75) is 12.8 Å². The molecular formula is C18H23N3OS. The van der Waals surface area contributed by atoms with E-state index in [1.807, 2.05) is 42.5 Å². The van der Waals surface area contributed by atoms with Crippen molar-refractivity contribution in [3.63, 3.8) is 0 Å². The Hall–Kier alpha value is -1.85. The first kappa shape index (κ1) is 16.0. The molecular weight excluding hydrogens is 306 g/mol. The zero-order valence-electron chi connectivity index (χ0n) is 13.6. The summed E-state index contributed by atoms with van der Waals surface area (Å²) in [6.07, 6.45) is 0. The lowest BCUT2D eigenvalue weighted by Crippen LogP contribution is -2.35. The molecule has 2 atom stereocenters. The largest absolute Gasteiger partial charge is 0.338 e. The number of hydrogen-bond acceptors (Lipinski definition) is 3. The first-order chi connectivity index (χ1) is 11.1. The van der Waals surface area contributed by atoms with E-state index < -0.39 is 0 Å². The van der Waals surface area contributed by atoms with E-state index in [4.69, 9.17) is 0 Å². The van der Waals surface area contributed by atoms with Gasteiger partial charge in [0.15, 0.2) is 0 Å². The normalized spacial score (nSPS) is 21.3. The topological polar surface area (TPSA) is 44.4 Å². The summed E-state index contributed by atoms with van der Waals surface area (Å²) in [6.45, 7) is 4.78. The molecule has 1 aliphatic heterocycles. The fourth-order valence-corrected chi connectivity index (χ4v) is 4.13. The van der Waals surface area contributed by atoms with Crippen LogP contribution in [0.3, 0.4) is 0 Å². The van der Waals surface area contributed by atoms with Crippen molar-refractivity contribution in [1.29, 1.82) is 0 Å². The monoisotopic (exact) mass is 329 g/mol. The van der Waals surface area contributed by atoms with Gasteiger partial charge in [-0.1, -0.05) is 24.3 Å². The molecule has 0 bridgehead atoms. The van der Waals surface area contributed by atoms with Crippen molar-refractivity contribution >= 4 is 23.1 Å². The molecule has 3 rings (SSSR count). The number of carbonyl (C=O) groups excluding carboxylic acids is 1. The zero-order valence-corrected chi connectivity index (χ0v) is 14.4. The van der Waals surface area contributed by atoms with Crippen molar-refractivity contribution in [2.24, 2.45) is 5.92 Å². The molecule has 0 unspecified atom stereocenters. The molecule has 0 radical (unpaired) electrons. The highest BCUT2D eigenvalue weighted by molar-refractivity contribution is 7.10. The summed E-state index contributed by atoms with van der Waals surface area (Å²) in [6, 6.07) is 12.0. The number of para-hydroxylation sites is 1. The van der Waals surface area contributed by atoms with Crippen molar-refractivity contribution in [3.05, 3.63) is 52.2 Å². The molecule has 0 saturated carbocycles. The molecule has 23 heavy (non-hydrogen) atoms. The summed E-state index contributed by atoms with van der Waals surface area (Å²) in [4.78, 5) is 15.9. The second-order valence-electron chi connectivity index (χ2n) is 6.25. The summed E-state index contributed by atoms with van der Waals surface area (Å²) in [5.74, 6) is 0.972. The summed E-state index contributed by atoms with van der Waals surface area (Å²) in [5, 5.41) is 8.10. The number of aryl methyl sites for hydroxylation is 1. The Labute approximate surface area is 141 Å². The summed E-state index contributed by atoms with van der Waals surface area (Å²) in [5.41, 5.74) is 1.93. The average Bonchev–Trinajstić information content (AvgIpc) is 3.16. The van der Waals surface area contributed by atoms with E-state index in [1.54, 1.807) is 0 Å². The van der Waals surface area contributed by atoms with Crippen LogP contribution in [0.4, 0.5) is 10.5 Å². The van der Waals surface area contributed by atoms with E-state index in [0.29, 0.717) is 18.4 Å². The standard InChI is InChI=1S/C18H23N3OS/c1-13-6-3-4-7-16(13)20-18(22)19-10-14-11-21(2)12-15(14)17-8-5-9-23-17/h3-9,14-15H,10-12H2,1-2H3,(H2,19,20,22)/t14-,15+/m1/s1. The third-order valence-corrected chi connectivity index (χ3v) is 5.45. The van der Waals surface area contributed by atoms with Crippen LogP contribution in [-0.4, -0.2) is 37.6 Å². The number of amides is 2. The van der Waals surface area contributed by atoms with E-state index in [1.165, 1.54) is 4.88 Å². The second-order valence-corrected chi connectivity index (χ2v) is 7.23. The highest BCUT2D eigenvalue weighted by Gasteiger charge is 2.32. The van der Waals surface area contributed by atoms with Gasteiger partial charge in [-0.2, -0.15) is 0 Å². The predicted molar refractivity (Wildman–Crippen MR) is 96.2 cm³/mol. The number of hydrogen-bond donors (Lipinski definition) is 2. The van der Waals surface area contributed by atoms with Crippen LogP contribution in [0.25, 0.3) is 0 Å². The number of likely N-dealkylation sites (tertiary alicyclic amines) is 1. The number of carbonyl (C=O) groups is 1. The lowest BCUT2D eigenvalue weighted by atomic mass is 9.94. The van der Waals surface area contributed by atoms with Crippen molar-refractivity contribution in [1.82, 2.24) is 10.2 Å². The number of benzene rings is 1. The SMILES string of the molecule is Cc1ccccc1NC(=O)NC[C@@H]1CN(C)C[C@@H]1c1cccs1. The van der Waals surface area contributed by atoms with Gasteiger partial charge < -0.3 is 15.5 Å². The van der Waals surface area contributed by atoms with Gasteiger partial charge in [0.25, 0.3) is 0 Å². The Balaban J connectivity index is 1.57. The smallest absolute Gasteiger partial charge is 0.319 e. The molecule has 1 aliphatic rings. The quantitative estimate of drug-likeness (QED) is 0.901. The number of likely N-dealkylation sites (N-methyl/N-ethyl adjacent to an activating group) is 1. The summed E-state index contributed by atoms with van der Waals surface area (Å²) >= 11 is 1.81. The number of nitrogens with zero attached hydrogens (tertiary/aromatic N) is 1. The van der Waals surface area contributed by atoms with Crippen LogP contribution in [0.2, 0.25) is 0 Å². The molecule has 1 aromatic carbocycles. The van der Waals surface area contributed by atoms with Crippen molar-refractivity contribution in [2.75, 3.05) is 32.0 Å². The first-order valence-corrected chi connectivity index (χ1v) is 8.84. The van der Waals surface area contributed by atoms with Crippen LogP contribution in [0.5, 0.6) is 0 Å². The lowest BCUT2D eigenvalue weighted by Gasteiger charge is -2.18. The van der Waals surface area contributed by atoms with E-state index >= 15 is 0 Å². The van der Waals surface area contributed by atoms with Gasteiger partial charge in [-0.3, -0.25) is 0 Å². The maximum atomic E-state index is 12.2. The van der Waals surface area contributed by atoms with Crippen molar-refractivity contribution < 1.29 is 4.79 Å². The second kappa shape index (κ2) is 7.15. The summed E-state index contributed by atoms with van der Waals surface area (Å²) < 4.78 is 0. The molecule has 2 N–H and O–H groups in total. The van der Waals surface area contributed by atoms with E-state index in [0.717, 1.165) is 24.3 Å². The maximum Gasteiger partial charge on any atom is 0.319 e. The Morgan fingerprint density at radius 3 is 2.83 bits per heavy atom. The maximum absolute atomic E-state index is 12.2. The van der Waals surface area contributed by atoms with Gasteiger partial charge in [0.05, 0.1) is 0 Å². The van der Waals surface area contributed by atoms with Crippen molar-refractivity contribution in [3.8, 4) is 0 Å². The van der Waals surface area contributed by atoms with Crippen LogP contribution in [-0.2, 0) is 0 Å². The fraction of sp³-hybridized carbons (Fsp3) is 0.389. The minimum Gasteiger partial charge on any atom is -0.338 e. The van der Waals surface area contributed by atoms with Crippen LogP contribution < -0.4 is 10.6 Å². The van der Waals surface area contributed by atoms with Crippen LogP contribution >= 0.6 is 11.3 Å². The van der Waals surface area contributed by atoms with Gasteiger partial charge in [0.1, 0.15) is 0 Å². The molecule has 2 heterocycles. The Kier molecular flexibility index (Phi) is 4.98. The Morgan fingerprint density at radius 1 is 1.26 bits per heavy atom. The van der Waals surface area contributed by atoms with E-state index in [9.17, 15) is 4.79 Å². The number of urea groups is 1. The fourth-order valence-electron chi connectivity index (χ4n) is 3.22. The molecule has 4 nitrogen and oxygen atoms in total. The van der Waals surface area contributed by atoms with Gasteiger partial charge in [-0.15, -0.1) is 11.3 Å². The zero-order chi connectivity index (χ0) is 16.2. The van der Waals surface area contributed by atoms with E-state index in [-0.39, 0.29) is 6.03 Å². The number of thiophene rings is 1. The molecule has 5 heteroatoms. The van der Waals surface area contributed by atoms with Gasteiger partial charge in [-0.05, 0) is 43.0 Å².